The van der Waals surface area contributed by atoms with E-state index in [-0.39, 0.29) is 12.5 Å². The lowest BCUT2D eigenvalue weighted by molar-refractivity contribution is -0.119. The van der Waals surface area contributed by atoms with Crippen LogP contribution in [0, 0.1) is 13.8 Å². The first-order valence-electron chi connectivity index (χ1n) is 6.83. The number of hydrogen-bond acceptors (Lipinski definition) is 3. The Morgan fingerprint density at radius 3 is 2.62 bits per heavy atom. The van der Waals surface area contributed by atoms with Crippen LogP contribution in [-0.2, 0) is 4.79 Å². The molecule has 2 aromatic rings. The van der Waals surface area contributed by atoms with Crippen molar-refractivity contribution in [2.45, 2.75) is 13.8 Å². The van der Waals surface area contributed by atoms with Gasteiger partial charge < -0.3 is 5.32 Å². The zero-order valence-corrected chi connectivity index (χ0v) is 12.3. The van der Waals surface area contributed by atoms with Crippen molar-refractivity contribution in [3.8, 4) is 0 Å². The summed E-state index contributed by atoms with van der Waals surface area (Å²) in [5.41, 5.74) is 6.76. The van der Waals surface area contributed by atoms with Crippen LogP contribution in [-0.4, -0.2) is 18.7 Å². The monoisotopic (exact) mass is 281 g/mol. The molecule has 2 rings (SSSR count). The third-order valence-corrected chi connectivity index (χ3v) is 3.05. The van der Waals surface area contributed by atoms with Crippen LogP contribution in [0.4, 0.5) is 5.69 Å². The Hall–Kier alpha value is -2.62. The summed E-state index contributed by atoms with van der Waals surface area (Å²) < 4.78 is 0. The van der Waals surface area contributed by atoms with Gasteiger partial charge in [-0.15, -0.1) is 0 Å². The Morgan fingerprint density at radius 1 is 1.14 bits per heavy atom. The third kappa shape index (κ3) is 4.76. The summed E-state index contributed by atoms with van der Waals surface area (Å²) in [7, 11) is 0. The Labute approximate surface area is 124 Å². The number of carbonyl (C=O) groups excluding carboxylic acids is 1. The lowest BCUT2D eigenvalue weighted by atomic mass is 10.1. The van der Waals surface area contributed by atoms with Gasteiger partial charge >= 0.3 is 0 Å². The molecular formula is C17H19N3O. The van der Waals surface area contributed by atoms with Gasteiger partial charge in [0.05, 0.1) is 12.8 Å². The maximum Gasteiger partial charge on any atom is 0.259 e. The second kappa shape index (κ2) is 7.24. The third-order valence-electron chi connectivity index (χ3n) is 3.05. The van der Waals surface area contributed by atoms with Crippen molar-refractivity contribution in [2.24, 2.45) is 5.10 Å². The van der Waals surface area contributed by atoms with Crippen LogP contribution >= 0.6 is 0 Å². The van der Waals surface area contributed by atoms with Gasteiger partial charge in [0.25, 0.3) is 5.91 Å². The summed E-state index contributed by atoms with van der Waals surface area (Å²) in [6.07, 6.45) is 1.66. The van der Waals surface area contributed by atoms with Crippen LogP contribution in [0.25, 0.3) is 0 Å². The molecule has 4 nitrogen and oxygen atoms in total. The fourth-order valence-corrected chi connectivity index (χ4v) is 1.92. The number of amides is 1. The number of benzene rings is 2. The van der Waals surface area contributed by atoms with E-state index in [1.807, 2.05) is 56.3 Å². The molecule has 0 bridgehead atoms. The lowest BCUT2D eigenvalue weighted by Gasteiger charge is -2.05. The molecule has 2 N–H and O–H groups in total. The summed E-state index contributed by atoms with van der Waals surface area (Å²) in [5, 5.41) is 7.01. The van der Waals surface area contributed by atoms with Gasteiger partial charge in [0, 0.05) is 5.69 Å². The molecular weight excluding hydrogens is 262 g/mol. The van der Waals surface area contributed by atoms with Crippen molar-refractivity contribution in [1.82, 2.24) is 5.43 Å². The minimum Gasteiger partial charge on any atom is -0.376 e. The molecule has 1 amide bonds. The summed E-state index contributed by atoms with van der Waals surface area (Å²) >= 11 is 0. The van der Waals surface area contributed by atoms with Gasteiger partial charge in [-0.2, -0.15) is 5.10 Å². The van der Waals surface area contributed by atoms with Crippen molar-refractivity contribution >= 4 is 17.8 Å². The molecule has 0 atom stereocenters. The first-order chi connectivity index (χ1) is 10.1. The number of nitrogens with one attached hydrogen (secondary N) is 2. The quantitative estimate of drug-likeness (QED) is 0.654. The van der Waals surface area contributed by atoms with E-state index < -0.39 is 0 Å². The first kappa shape index (κ1) is 14.8. The van der Waals surface area contributed by atoms with Gasteiger partial charge in [0.15, 0.2) is 0 Å². The molecule has 0 saturated heterocycles. The minimum absolute atomic E-state index is 0.181. The molecule has 108 valence electrons. The number of hydrogen-bond donors (Lipinski definition) is 2. The number of rotatable bonds is 5. The van der Waals surface area contributed by atoms with Crippen molar-refractivity contribution in [2.75, 3.05) is 11.9 Å². The number of carbonyl (C=O) groups is 1. The molecule has 2 aromatic carbocycles. The number of hydrazone groups is 1. The normalized spacial score (nSPS) is 10.6. The summed E-state index contributed by atoms with van der Waals surface area (Å²) in [6.45, 7) is 4.26. The highest BCUT2D eigenvalue weighted by molar-refractivity contribution is 5.85. The van der Waals surface area contributed by atoms with E-state index in [0.29, 0.717) is 0 Å². The standard InChI is InChI=1S/C17H19N3O/c1-13-8-9-15(14(2)10-13)11-19-20-17(21)12-18-16-6-4-3-5-7-16/h3-11,18H,12H2,1-2H3,(H,20,21)/b19-11-. The van der Waals surface area contributed by atoms with Crippen LogP contribution in [0.3, 0.4) is 0 Å². The largest absolute Gasteiger partial charge is 0.376 e. The number of para-hydroxylation sites is 1. The fraction of sp³-hybridized carbons (Fsp3) is 0.176. The molecule has 0 aliphatic heterocycles. The predicted molar refractivity (Wildman–Crippen MR) is 86.6 cm³/mol. The van der Waals surface area contributed by atoms with Gasteiger partial charge in [0.2, 0.25) is 0 Å². The molecule has 0 saturated carbocycles. The molecule has 0 aromatic heterocycles. The fourth-order valence-electron chi connectivity index (χ4n) is 1.92. The zero-order chi connectivity index (χ0) is 15.1. The molecule has 0 fully saturated rings. The summed E-state index contributed by atoms with van der Waals surface area (Å²) in [6, 6.07) is 15.7. The van der Waals surface area contributed by atoms with Crippen LogP contribution in [0.1, 0.15) is 16.7 Å². The summed E-state index contributed by atoms with van der Waals surface area (Å²) in [4.78, 5) is 11.7. The molecule has 0 spiro atoms. The van der Waals surface area contributed by atoms with E-state index in [2.05, 4.69) is 21.9 Å². The SMILES string of the molecule is Cc1ccc(/C=N\NC(=O)CNc2ccccc2)c(C)c1. The van der Waals surface area contributed by atoms with E-state index in [4.69, 9.17) is 0 Å². The van der Waals surface area contributed by atoms with Crippen LogP contribution in [0.2, 0.25) is 0 Å². The molecule has 21 heavy (non-hydrogen) atoms. The molecule has 0 heterocycles. The van der Waals surface area contributed by atoms with Gasteiger partial charge in [-0.05, 0) is 37.1 Å². The maximum atomic E-state index is 11.7. The number of nitrogens with zero attached hydrogens (tertiary/aromatic N) is 1. The van der Waals surface area contributed by atoms with Gasteiger partial charge in [0.1, 0.15) is 0 Å². The number of aryl methyl sites for hydroxylation is 2. The Morgan fingerprint density at radius 2 is 1.90 bits per heavy atom. The molecule has 0 radical (unpaired) electrons. The van der Waals surface area contributed by atoms with E-state index in [1.54, 1.807) is 6.21 Å². The highest BCUT2D eigenvalue weighted by Gasteiger charge is 1.99. The Balaban J connectivity index is 1.82. The van der Waals surface area contributed by atoms with Gasteiger partial charge in [-0.25, -0.2) is 5.43 Å². The average Bonchev–Trinajstić information content (AvgIpc) is 2.48. The van der Waals surface area contributed by atoms with E-state index >= 15 is 0 Å². The lowest BCUT2D eigenvalue weighted by Crippen LogP contribution is -2.25. The molecule has 0 unspecified atom stereocenters. The van der Waals surface area contributed by atoms with Gasteiger partial charge in [-0.1, -0.05) is 42.0 Å². The van der Waals surface area contributed by atoms with Crippen molar-refractivity contribution < 1.29 is 4.79 Å². The second-order valence-corrected chi connectivity index (χ2v) is 4.87. The van der Waals surface area contributed by atoms with Crippen LogP contribution in [0.15, 0.2) is 53.6 Å². The topological polar surface area (TPSA) is 53.5 Å². The smallest absolute Gasteiger partial charge is 0.259 e. The average molecular weight is 281 g/mol. The van der Waals surface area contributed by atoms with Gasteiger partial charge in [-0.3, -0.25) is 4.79 Å². The van der Waals surface area contributed by atoms with Crippen molar-refractivity contribution in [1.29, 1.82) is 0 Å². The van der Waals surface area contributed by atoms with Crippen LogP contribution in [0.5, 0.6) is 0 Å². The highest BCUT2D eigenvalue weighted by Crippen LogP contribution is 2.07. The maximum absolute atomic E-state index is 11.7. The molecule has 4 heteroatoms. The Bertz CT molecular complexity index is 636. The van der Waals surface area contributed by atoms with Crippen molar-refractivity contribution in [3.05, 3.63) is 65.2 Å². The van der Waals surface area contributed by atoms with E-state index in [0.717, 1.165) is 16.8 Å². The second-order valence-electron chi connectivity index (χ2n) is 4.87. The van der Waals surface area contributed by atoms with E-state index in [1.165, 1.54) is 5.56 Å². The Kier molecular flexibility index (Phi) is 5.10. The van der Waals surface area contributed by atoms with Crippen LogP contribution < -0.4 is 10.7 Å². The zero-order valence-electron chi connectivity index (χ0n) is 12.3. The molecule has 0 aliphatic rings. The summed E-state index contributed by atoms with van der Waals surface area (Å²) in [5.74, 6) is -0.181. The van der Waals surface area contributed by atoms with E-state index in [9.17, 15) is 4.79 Å². The molecule has 0 aliphatic carbocycles. The number of anilines is 1. The first-order valence-corrected chi connectivity index (χ1v) is 6.83. The van der Waals surface area contributed by atoms with Crippen molar-refractivity contribution in [3.63, 3.8) is 0 Å². The minimum atomic E-state index is -0.181. The highest BCUT2D eigenvalue weighted by atomic mass is 16.2. The predicted octanol–water partition coefficient (Wildman–Crippen LogP) is 2.87.